The van der Waals surface area contributed by atoms with Gasteiger partial charge in [0.25, 0.3) is 5.69 Å². The van der Waals surface area contributed by atoms with E-state index in [-0.39, 0.29) is 24.4 Å². The topological polar surface area (TPSA) is 75.8 Å². The number of non-ortho nitro benzene ring substituents is 1. The first-order chi connectivity index (χ1) is 9.49. The Balaban J connectivity index is 2.14. The van der Waals surface area contributed by atoms with Gasteiger partial charge in [-0.1, -0.05) is 0 Å². The van der Waals surface area contributed by atoms with Gasteiger partial charge in [-0.15, -0.1) is 0 Å². The van der Waals surface area contributed by atoms with Crippen molar-refractivity contribution in [2.24, 2.45) is 0 Å². The van der Waals surface area contributed by atoms with Crippen molar-refractivity contribution in [3.63, 3.8) is 0 Å². The lowest BCUT2D eigenvalue weighted by molar-refractivity contribution is -0.385. The molecule has 1 aliphatic rings. The highest BCUT2D eigenvalue weighted by atomic mass is 19.1. The lowest BCUT2D eigenvalue weighted by atomic mass is 10.1. The first-order valence-corrected chi connectivity index (χ1v) is 6.40. The zero-order valence-electron chi connectivity index (χ0n) is 11.2. The molecule has 1 saturated heterocycles. The molecule has 1 N–H and O–H groups in total. The number of morpholine rings is 1. The molecule has 110 valence electrons. The summed E-state index contributed by atoms with van der Waals surface area (Å²) in [7, 11) is 0. The molecule has 2 unspecified atom stereocenters. The number of hydrogen-bond acceptors (Lipinski definition) is 5. The third kappa shape index (κ3) is 3.50. The van der Waals surface area contributed by atoms with Crippen molar-refractivity contribution in [2.75, 3.05) is 19.8 Å². The maximum absolute atomic E-state index is 13.4. The second kappa shape index (κ2) is 6.25. The van der Waals surface area contributed by atoms with Crippen LogP contribution in [0.4, 0.5) is 10.1 Å². The average molecular weight is 284 g/mol. The summed E-state index contributed by atoms with van der Waals surface area (Å²) in [6.07, 6.45) is -0.269. The summed E-state index contributed by atoms with van der Waals surface area (Å²) >= 11 is 0. The highest BCUT2D eigenvalue weighted by molar-refractivity contribution is 5.35. The molecule has 20 heavy (non-hydrogen) atoms. The van der Waals surface area contributed by atoms with E-state index in [2.05, 4.69) is 0 Å². The van der Waals surface area contributed by atoms with E-state index in [0.29, 0.717) is 25.3 Å². The van der Waals surface area contributed by atoms with Crippen LogP contribution < -0.4 is 0 Å². The molecule has 0 aromatic heterocycles. The van der Waals surface area contributed by atoms with Crippen LogP contribution in [0, 0.1) is 15.9 Å². The molecule has 2 atom stereocenters. The van der Waals surface area contributed by atoms with Gasteiger partial charge >= 0.3 is 0 Å². The average Bonchev–Trinajstić information content (AvgIpc) is 2.40. The van der Waals surface area contributed by atoms with E-state index in [1.54, 1.807) is 0 Å². The lowest BCUT2D eigenvalue weighted by Crippen LogP contribution is -2.48. The Kier molecular flexibility index (Phi) is 4.64. The number of nitro groups is 1. The fourth-order valence-electron chi connectivity index (χ4n) is 2.27. The second-order valence-electron chi connectivity index (χ2n) is 4.99. The van der Waals surface area contributed by atoms with Gasteiger partial charge in [0.05, 0.1) is 30.3 Å². The minimum absolute atomic E-state index is 0.0769. The molecule has 1 aliphatic heterocycles. The van der Waals surface area contributed by atoms with Gasteiger partial charge in [0.2, 0.25) is 0 Å². The molecule has 0 bridgehead atoms. The molecule has 6 nitrogen and oxygen atoms in total. The van der Waals surface area contributed by atoms with Crippen LogP contribution in [0.25, 0.3) is 0 Å². The number of nitrogens with zero attached hydrogens (tertiary/aromatic N) is 2. The van der Waals surface area contributed by atoms with Crippen molar-refractivity contribution in [1.29, 1.82) is 0 Å². The molecule has 0 aliphatic carbocycles. The maximum atomic E-state index is 13.4. The van der Waals surface area contributed by atoms with Crippen LogP contribution in [-0.4, -0.2) is 46.8 Å². The van der Waals surface area contributed by atoms with Crippen molar-refractivity contribution < 1.29 is 19.2 Å². The number of ether oxygens (including phenoxy) is 1. The predicted octanol–water partition coefficient (Wildman–Crippen LogP) is 1.32. The van der Waals surface area contributed by atoms with Crippen LogP contribution in [0.5, 0.6) is 0 Å². The molecule has 1 fully saturated rings. The minimum Gasteiger partial charge on any atom is -0.394 e. The molecule has 1 aromatic carbocycles. The third-order valence-corrected chi connectivity index (χ3v) is 3.38. The first-order valence-electron chi connectivity index (χ1n) is 6.40. The zero-order chi connectivity index (χ0) is 14.7. The number of rotatable bonds is 4. The van der Waals surface area contributed by atoms with E-state index in [4.69, 9.17) is 9.84 Å². The quantitative estimate of drug-likeness (QED) is 0.666. The molecule has 0 amide bonds. The standard InChI is InChI=1S/C13H17FN2O4/c1-9-8-20-13(7-17)6-15(9)5-10-2-11(14)4-12(3-10)16(18)19/h2-4,9,13,17H,5-8H2,1H3. The monoisotopic (exact) mass is 284 g/mol. The van der Waals surface area contributed by atoms with Crippen molar-refractivity contribution >= 4 is 5.69 Å². The van der Waals surface area contributed by atoms with Crippen LogP contribution in [0.1, 0.15) is 12.5 Å². The van der Waals surface area contributed by atoms with Gasteiger partial charge in [-0.3, -0.25) is 15.0 Å². The van der Waals surface area contributed by atoms with Crippen molar-refractivity contribution in [3.05, 3.63) is 39.7 Å². The van der Waals surface area contributed by atoms with Gasteiger partial charge < -0.3 is 9.84 Å². The molecule has 1 aromatic rings. The Morgan fingerprint density at radius 2 is 2.30 bits per heavy atom. The molecular formula is C13H17FN2O4. The second-order valence-corrected chi connectivity index (χ2v) is 4.99. The summed E-state index contributed by atoms with van der Waals surface area (Å²) in [5.74, 6) is -0.617. The van der Waals surface area contributed by atoms with Gasteiger partial charge in [-0.25, -0.2) is 4.39 Å². The third-order valence-electron chi connectivity index (χ3n) is 3.38. The minimum atomic E-state index is -0.617. The Hall–Kier alpha value is -1.57. The molecule has 0 saturated carbocycles. The van der Waals surface area contributed by atoms with Gasteiger partial charge in [0.1, 0.15) is 5.82 Å². The van der Waals surface area contributed by atoms with E-state index in [1.165, 1.54) is 12.1 Å². The number of hydrogen-bond donors (Lipinski definition) is 1. The Labute approximate surface area is 115 Å². The van der Waals surface area contributed by atoms with Crippen molar-refractivity contribution in [2.45, 2.75) is 25.6 Å². The van der Waals surface area contributed by atoms with Crippen LogP contribution in [0.15, 0.2) is 18.2 Å². The van der Waals surface area contributed by atoms with Crippen molar-refractivity contribution in [3.8, 4) is 0 Å². The fraction of sp³-hybridized carbons (Fsp3) is 0.538. The molecule has 2 rings (SSSR count). The highest BCUT2D eigenvalue weighted by Crippen LogP contribution is 2.20. The van der Waals surface area contributed by atoms with Crippen LogP contribution in [-0.2, 0) is 11.3 Å². The van der Waals surface area contributed by atoms with E-state index in [9.17, 15) is 14.5 Å². The van der Waals surface area contributed by atoms with E-state index in [1.807, 2.05) is 11.8 Å². The summed E-state index contributed by atoms with van der Waals surface area (Å²) in [5, 5.41) is 19.9. The summed E-state index contributed by atoms with van der Waals surface area (Å²) < 4.78 is 18.8. The number of nitro benzene ring substituents is 1. The van der Waals surface area contributed by atoms with Crippen LogP contribution in [0.2, 0.25) is 0 Å². The predicted molar refractivity (Wildman–Crippen MR) is 69.8 cm³/mol. The summed E-state index contributed by atoms with van der Waals surface area (Å²) in [5.41, 5.74) is 0.293. The van der Waals surface area contributed by atoms with Crippen LogP contribution in [0.3, 0.4) is 0 Å². The first kappa shape index (κ1) is 14.8. The Bertz CT molecular complexity index is 497. The van der Waals surface area contributed by atoms with E-state index < -0.39 is 10.7 Å². The number of halogens is 1. The highest BCUT2D eigenvalue weighted by Gasteiger charge is 2.26. The number of benzene rings is 1. The molecule has 0 spiro atoms. The molecule has 7 heteroatoms. The lowest BCUT2D eigenvalue weighted by Gasteiger charge is -2.37. The Morgan fingerprint density at radius 3 is 2.95 bits per heavy atom. The summed E-state index contributed by atoms with van der Waals surface area (Å²) in [6.45, 7) is 3.26. The fourth-order valence-corrected chi connectivity index (χ4v) is 2.27. The van der Waals surface area contributed by atoms with Gasteiger partial charge in [-0.05, 0) is 18.6 Å². The summed E-state index contributed by atoms with van der Waals surface area (Å²) in [4.78, 5) is 12.1. The van der Waals surface area contributed by atoms with Crippen LogP contribution >= 0.6 is 0 Å². The van der Waals surface area contributed by atoms with Gasteiger partial charge in [0.15, 0.2) is 0 Å². The van der Waals surface area contributed by atoms with Crippen molar-refractivity contribution in [1.82, 2.24) is 4.90 Å². The number of aliphatic hydroxyl groups is 1. The normalized spacial score (nSPS) is 23.8. The summed E-state index contributed by atoms with van der Waals surface area (Å²) in [6, 6.07) is 3.69. The molecule has 0 radical (unpaired) electrons. The van der Waals surface area contributed by atoms with E-state index >= 15 is 0 Å². The zero-order valence-corrected chi connectivity index (χ0v) is 11.2. The van der Waals surface area contributed by atoms with Gasteiger partial charge in [0, 0.05) is 25.2 Å². The SMILES string of the molecule is CC1COC(CO)CN1Cc1cc(F)cc([N+](=O)[O-])c1. The smallest absolute Gasteiger partial charge is 0.272 e. The largest absolute Gasteiger partial charge is 0.394 e. The van der Waals surface area contributed by atoms with Gasteiger partial charge in [-0.2, -0.15) is 0 Å². The number of aliphatic hydroxyl groups excluding tert-OH is 1. The Morgan fingerprint density at radius 1 is 1.55 bits per heavy atom. The molecular weight excluding hydrogens is 267 g/mol. The van der Waals surface area contributed by atoms with E-state index in [0.717, 1.165) is 6.07 Å². The maximum Gasteiger partial charge on any atom is 0.272 e. The molecule has 1 heterocycles.